The molecule has 6 amide bonds. The number of ether oxygens (including phenoxy) is 7. The molecule has 0 aliphatic carbocycles. The number of allylic oxidation sites excluding steroid dienone is 1. The number of pyridine rings is 1. The normalized spacial score (nSPS) is 10.6. The number of amides is 6. The second-order valence-corrected chi connectivity index (χ2v) is 36.3. The van der Waals surface area contributed by atoms with E-state index in [0.717, 1.165) is 15.6 Å². The molecule has 0 fully saturated rings. The zero-order chi connectivity index (χ0) is 103. The summed E-state index contributed by atoms with van der Waals surface area (Å²) in [5, 5.41) is 83.8. The molecule has 12 rings (SSSR count). The van der Waals surface area contributed by atoms with Crippen LogP contribution in [0.1, 0.15) is 114 Å². The third-order valence-electron chi connectivity index (χ3n) is 17.9. The lowest BCUT2D eigenvalue weighted by Gasteiger charge is -2.10. The molecule has 32 nitrogen and oxygen atoms in total. The van der Waals surface area contributed by atoms with Gasteiger partial charge in [0.05, 0.1) is 134 Å². The maximum Gasteiger partial charge on any atom is 0.275 e. The lowest BCUT2D eigenvalue weighted by molar-refractivity contribution is 0.0944. The summed E-state index contributed by atoms with van der Waals surface area (Å²) in [5.41, 5.74) is 20.7. The van der Waals surface area contributed by atoms with Gasteiger partial charge >= 0.3 is 0 Å². The van der Waals surface area contributed by atoms with Crippen molar-refractivity contribution in [3.63, 3.8) is 0 Å². The van der Waals surface area contributed by atoms with Crippen LogP contribution in [0.15, 0.2) is 282 Å². The van der Waals surface area contributed by atoms with Crippen LogP contribution in [-0.2, 0) is 6.42 Å². The average Bonchev–Trinajstić information content (AvgIpc) is 0.815. The molecule has 0 saturated carbocycles. The highest BCUT2D eigenvalue weighted by Gasteiger charge is 2.22. The van der Waals surface area contributed by atoms with Crippen LogP contribution in [0.4, 0.5) is 0 Å². The molecule has 726 valence electrons. The van der Waals surface area contributed by atoms with E-state index < -0.39 is 11.8 Å². The molecular formula is C96H79Br10Cl2N13O19. The number of carbonyl (C=O) groups is 6. The topological polar surface area (TPSA) is 448 Å². The standard InChI is InChI=1S/C18H17BrN2O3.C17H13BrN2O3.C16H14Br2N2O3.C15H11Br3N2O3.C15H12Br2N2O4.C15H12BrCl2N3O3/c1-3-6-12-9-13(17(22)16(10-12)24-2)11-20-21-18(23)14-7-4-5-8-15(14)19;1-3-23-16-13(9-14(18)10-15(16)22-2)11-19-20-17(21)12-7-5-4-6-8-12;1-9-5-3-4-6-10(9)16(22)20-19-8-11-14(18)12(17)7-13(23-2)15(11)21;1-23-12-6-11(17)13(18)9(14(12)21)7-19-20-15(22)8-4-2-3-5-10(8)16;1-23-12-6-10(16)13(17)9(14(12)21)7-18-19-15(22)8-4-2-3-5-11(8)20;1-2-24-12-4-11(17)13(18)10(14(12)22)7-20-21-15(23)8-3-9(16)6-19-5-8/h3-5,7-11,22H,1,6H2,2H3,(H,21,23);1,4-11H,2H3,(H,20,21);3-8,21H,1-2H3,(H,20,22);2-7,21H,1H3,(H,20,22);2-7,20-21H,1H3,(H,19,22);3-7,22H,2H2,1H3,(H,21,23)/b20-11+;19-11+;19-8+;19-7+;18-7+;20-7+. The van der Waals surface area contributed by atoms with Crippen molar-refractivity contribution in [2.45, 2.75) is 20.3 Å². The molecule has 12 aromatic rings. The first-order valence-corrected chi connectivity index (χ1v) is 48.3. The Morgan fingerprint density at radius 1 is 0.407 bits per heavy atom. The van der Waals surface area contributed by atoms with Crippen molar-refractivity contribution >= 4 is 255 Å². The minimum atomic E-state index is -0.572. The lowest BCUT2D eigenvalue weighted by Crippen LogP contribution is -2.18. The summed E-state index contributed by atoms with van der Waals surface area (Å²) < 4.78 is 42.5. The zero-order valence-corrected chi connectivity index (χ0v) is 91.2. The molecule has 0 saturated heterocycles. The number of carbonyl (C=O) groups excluding carboxylic acids is 6. The van der Waals surface area contributed by atoms with Crippen LogP contribution >= 0.6 is 183 Å². The molecule has 0 radical (unpaired) electrons. The van der Waals surface area contributed by atoms with E-state index in [2.05, 4.69) is 240 Å². The van der Waals surface area contributed by atoms with E-state index in [9.17, 15) is 59.4 Å². The maximum atomic E-state index is 12.1. The van der Waals surface area contributed by atoms with E-state index in [-0.39, 0.29) is 90.8 Å². The van der Waals surface area contributed by atoms with E-state index in [0.29, 0.717) is 138 Å². The Labute approximate surface area is 896 Å². The number of aryl methyl sites for hydroxylation is 1. The van der Waals surface area contributed by atoms with Gasteiger partial charge < -0.3 is 63.8 Å². The first-order valence-electron chi connectivity index (χ1n) is 39.6. The van der Waals surface area contributed by atoms with E-state index in [1.54, 1.807) is 153 Å². The highest BCUT2D eigenvalue weighted by Crippen LogP contribution is 2.44. The number of nitrogens with zero attached hydrogens (tertiary/aromatic N) is 7. The van der Waals surface area contributed by atoms with Gasteiger partial charge in [-0.05, 0) is 278 Å². The van der Waals surface area contributed by atoms with Crippen LogP contribution in [0.3, 0.4) is 0 Å². The molecule has 0 atom stereocenters. The molecule has 12 N–H and O–H groups in total. The number of hydrogen-bond donors (Lipinski definition) is 12. The van der Waals surface area contributed by atoms with Gasteiger partial charge in [-0.25, -0.2) is 32.6 Å². The Hall–Kier alpha value is -12.5. The fourth-order valence-corrected chi connectivity index (χ4v) is 15.7. The second kappa shape index (κ2) is 58.5. The van der Waals surface area contributed by atoms with Crippen LogP contribution < -0.4 is 65.7 Å². The monoisotopic (exact) mass is 2580 g/mol. The molecular weight excluding hydrogens is 2510 g/mol. The van der Waals surface area contributed by atoms with Gasteiger partial charge in [0.15, 0.2) is 69.0 Å². The molecule has 1 aromatic heterocycles. The summed E-state index contributed by atoms with van der Waals surface area (Å²) in [6.07, 6.45) is 20.6. The third kappa shape index (κ3) is 33.6. The van der Waals surface area contributed by atoms with Crippen LogP contribution in [0.5, 0.6) is 74.7 Å². The van der Waals surface area contributed by atoms with Gasteiger partial charge in [-0.15, -0.1) is 6.58 Å². The molecule has 11 aromatic carbocycles. The Bertz CT molecular complexity index is 6430. The number of benzene rings is 11. The number of methoxy groups -OCH3 is 5. The van der Waals surface area contributed by atoms with Crippen LogP contribution in [0.25, 0.3) is 0 Å². The number of nitrogens with one attached hydrogen (secondary N) is 6. The Morgan fingerprint density at radius 2 is 0.800 bits per heavy atom. The number of phenols is 6. The second-order valence-electron chi connectivity index (χ2n) is 27.0. The quantitative estimate of drug-likeness (QED) is 0.00938. The predicted octanol–water partition coefficient (Wildman–Crippen LogP) is 22.7. The summed E-state index contributed by atoms with van der Waals surface area (Å²) >= 11 is 45.3. The lowest BCUT2D eigenvalue weighted by atomic mass is 10.1. The van der Waals surface area contributed by atoms with Crippen molar-refractivity contribution in [2.75, 3.05) is 42.2 Å². The molecule has 0 aliphatic heterocycles. The SMILES string of the molecule is C#COc1c(/C=N/NC(=O)c2ccccc2)cc(Br)cc1OC.C=CCc1cc(/C=N/NC(=O)c2ccccc2Br)c(O)c(OC)c1.CCOc1cc(Cl)c(Cl)c(/C=N/NC(=O)c2cncc(Br)c2)c1O.COc1cc(Br)c(Br)c(/C=N/NC(=O)c2ccccc2Br)c1O.COc1cc(Br)c(Br)c(/C=N/NC(=O)c2ccccc2C)c1O.COc1cc(Br)c(Br)c(/C=N/NC(=O)c2ccccc2O)c1O. The van der Waals surface area contributed by atoms with Gasteiger partial charge in [0.2, 0.25) is 0 Å². The number of hydrazone groups is 6. The van der Waals surface area contributed by atoms with Crippen LogP contribution in [0.2, 0.25) is 10.0 Å². The molecule has 1 heterocycles. The molecule has 0 aliphatic rings. The number of hydrogen-bond acceptors (Lipinski definition) is 26. The summed E-state index contributed by atoms with van der Waals surface area (Å²) in [5.74, 6) is -0.919. The van der Waals surface area contributed by atoms with Gasteiger partial charge in [0, 0.05) is 85.4 Å². The molecule has 0 spiro atoms. The Balaban J connectivity index is 0.000000228. The van der Waals surface area contributed by atoms with E-state index >= 15 is 0 Å². The first-order chi connectivity index (χ1) is 67.0. The van der Waals surface area contributed by atoms with Crippen molar-refractivity contribution in [3.05, 3.63) is 340 Å². The van der Waals surface area contributed by atoms with Crippen LogP contribution in [0, 0.1) is 19.5 Å². The number of aromatic hydroxyl groups is 6. The first kappa shape index (κ1) is 114. The fraction of sp³-hybridized carbons (Fsp3) is 0.0938. The Morgan fingerprint density at radius 3 is 1.24 bits per heavy atom. The van der Waals surface area contributed by atoms with Crippen molar-refractivity contribution in [1.29, 1.82) is 0 Å². The predicted molar refractivity (Wildman–Crippen MR) is 574 cm³/mol. The number of terminal acetylenes is 1. The third-order valence-corrected chi connectivity index (χ3v) is 27.0. The molecule has 0 unspecified atom stereocenters. The van der Waals surface area contributed by atoms with E-state index in [1.807, 2.05) is 37.3 Å². The number of halogens is 12. The van der Waals surface area contributed by atoms with Crippen molar-refractivity contribution in [1.82, 2.24) is 37.5 Å². The summed E-state index contributed by atoms with van der Waals surface area (Å²) in [6, 6.07) is 50.9. The molecule has 0 bridgehead atoms. The molecule has 44 heteroatoms. The highest BCUT2D eigenvalue weighted by atomic mass is 79.9. The van der Waals surface area contributed by atoms with Crippen LogP contribution in [-0.4, -0.2) is 151 Å². The number of phenolic OH excluding ortho intramolecular Hbond substituents is 6. The fourth-order valence-electron chi connectivity index (χ4n) is 11.1. The number of aromatic nitrogens is 1. The minimum absolute atomic E-state index is 0.0378. The van der Waals surface area contributed by atoms with E-state index in [4.69, 9.17) is 62.8 Å². The Kier molecular flexibility index (Phi) is 47.9. The summed E-state index contributed by atoms with van der Waals surface area (Å²) in [4.78, 5) is 75.9. The smallest absolute Gasteiger partial charge is 0.275 e. The van der Waals surface area contributed by atoms with Crippen molar-refractivity contribution < 1.29 is 92.6 Å². The zero-order valence-electron chi connectivity index (χ0n) is 73.9. The van der Waals surface area contributed by atoms with Crippen molar-refractivity contribution in [2.24, 2.45) is 30.6 Å². The van der Waals surface area contributed by atoms with Crippen molar-refractivity contribution in [3.8, 4) is 87.3 Å². The van der Waals surface area contributed by atoms with Gasteiger partial charge in [-0.1, -0.05) is 124 Å². The summed E-state index contributed by atoms with van der Waals surface area (Å²) in [7, 11) is 7.31. The van der Waals surface area contributed by atoms with Gasteiger partial charge in [-0.3, -0.25) is 33.8 Å². The van der Waals surface area contributed by atoms with Gasteiger partial charge in [-0.2, -0.15) is 30.6 Å². The molecule has 140 heavy (non-hydrogen) atoms. The summed E-state index contributed by atoms with van der Waals surface area (Å²) in [6.45, 7) is 7.65. The average molecular weight is 2590 g/mol. The number of rotatable bonds is 28. The van der Waals surface area contributed by atoms with Gasteiger partial charge in [0.25, 0.3) is 35.4 Å². The largest absolute Gasteiger partial charge is 0.507 e. The maximum absolute atomic E-state index is 12.1. The van der Waals surface area contributed by atoms with E-state index in [1.165, 1.54) is 97.2 Å². The minimum Gasteiger partial charge on any atom is -0.507 e. The highest BCUT2D eigenvalue weighted by molar-refractivity contribution is 9.14. The van der Waals surface area contributed by atoms with Gasteiger partial charge in [0.1, 0.15) is 11.9 Å². The number of para-hydroxylation sites is 1.